The molecule has 0 radical (unpaired) electrons. The Morgan fingerprint density at radius 1 is 1.23 bits per heavy atom. The molecule has 3 heterocycles. The molecule has 4 rings (SSSR count). The van der Waals surface area contributed by atoms with Crippen molar-refractivity contribution in [2.75, 3.05) is 26.7 Å². The molecule has 31 heavy (non-hydrogen) atoms. The molecule has 0 unspecified atom stereocenters. The Hall–Kier alpha value is -2.71. The summed E-state index contributed by atoms with van der Waals surface area (Å²) in [5.41, 5.74) is 1.74. The minimum atomic E-state index is -0.155. The Kier molecular flexibility index (Phi) is 6.38. The molecule has 1 fully saturated rings. The molecule has 8 heteroatoms. The second kappa shape index (κ2) is 9.20. The quantitative estimate of drug-likeness (QED) is 0.637. The summed E-state index contributed by atoms with van der Waals surface area (Å²) in [6, 6.07) is 8.17. The van der Waals surface area contributed by atoms with Gasteiger partial charge in [-0.2, -0.15) is 0 Å². The first-order valence-corrected chi connectivity index (χ1v) is 11.4. The van der Waals surface area contributed by atoms with Crippen LogP contribution in [0.3, 0.4) is 0 Å². The molecule has 1 N–H and O–H groups in total. The fourth-order valence-electron chi connectivity index (χ4n) is 4.21. The molecule has 1 atom stereocenters. The summed E-state index contributed by atoms with van der Waals surface area (Å²) in [5.74, 6) is 0.665. The Morgan fingerprint density at radius 2 is 1.94 bits per heavy atom. The van der Waals surface area contributed by atoms with Crippen molar-refractivity contribution in [2.24, 2.45) is 7.05 Å². The fourth-order valence-corrected chi connectivity index (χ4v) is 5.26. The van der Waals surface area contributed by atoms with Gasteiger partial charge in [0.25, 0.3) is 11.5 Å². The van der Waals surface area contributed by atoms with E-state index >= 15 is 0 Å². The lowest BCUT2D eigenvalue weighted by atomic mass is 10.0. The van der Waals surface area contributed by atoms with Crippen LogP contribution in [-0.4, -0.2) is 47.1 Å². The number of ether oxygens (including phenoxy) is 1. The van der Waals surface area contributed by atoms with E-state index in [1.807, 2.05) is 19.1 Å². The molecule has 0 aliphatic carbocycles. The maximum absolute atomic E-state index is 13.1. The highest BCUT2D eigenvalue weighted by molar-refractivity contribution is 7.20. The highest BCUT2D eigenvalue weighted by Crippen LogP contribution is 2.28. The minimum absolute atomic E-state index is 0.0934. The van der Waals surface area contributed by atoms with Crippen molar-refractivity contribution in [2.45, 2.75) is 32.2 Å². The van der Waals surface area contributed by atoms with Crippen LogP contribution >= 0.6 is 11.3 Å². The SMILES string of the molecule is COc1ccc([C@H](CNC(=O)c2sc3ncn(C)c(=O)c3c2C)N2CCCCC2)cc1. The molecule has 0 bridgehead atoms. The average molecular weight is 441 g/mol. The van der Waals surface area contributed by atoms with Crippen LogP contribution in [0, 0.1) is 6.92 Å². The number of rotatable bonds is 6. The molecule has 164 valence electrons. The highest BCUT2D eigenvalue weighted by Gasteiger charge is 2.25. The number of thiophene rings is 1. The number of aromatic nitrogens is 2. The van der Waals surface area contributed by atoms with E-state index in [-0.39, 0.29) is 17.5 Å². The highest BCUT2D eigenvalue weighted by atomic mass is 32.1. The molecule has 2 aromatic heterocycles. The van der Waals surface area contributed by atoms with Crippen molar-refractivity contribution in [3.8, 4) is 5.75 Å². The van der Waals surface area contributed by atoms with Crippen molar-refractivity contribution < 1.29 is 9.53 Å². The lowest BCUT2D eigenvalue weighted by Crippen LogP contribution is -2.40. The smallest absolute Gasteiger partial charge is 0.262 e. The first-order chi connectivity index (χ1) is 15.0. The topological polar surface area (TPSA) is 76.5 Å². The van der Waals surface area contributed by atoms with Gasteiger partial charge < -0.3 is 14.6 Å². The van der Waals surface area contributed by atoms with Gasteiger partial charge in [-0.3, -0.25) is 14.5 Å². The third kappa shape index (κ3) is 4.36. The van der Waals surface area contributed by atoms with E-state index in [9.17, 15) is 9.59 Å². The van der Waals surface area contributed by atoms with Crippen LogP contribution in [0.4, 0.5) is 0 Å². The number of fused-ring (bicyclic) bond motifs is 1. The molecule has 0 saturated carbocycles. The van der Waals surface area contributed by atoms with Crippen molar-refractivity contribution in [3.63, 3.8) is 0 Å². The van der Waals surface area contributed by atoms with Gasteiger partial charge in [-0.05, 0) is 56.1 Å². The van der Waals surface area contributed by atoms with Crippen LogP contribution in [0.2, 0.25) is 0 Å². The number of carbonyl (C=O) groups excluding carboxylic acids is 1. The number of methoxy groups -OCH3 is 1. The van der Waals surface area contributed by atoms with Crippen molar-refractivity contribution in [1.29, 1.82) is 0 Å². The third-order valence-corrected chi connectivity index (χ3v) is 7.20. The van der Waals surface area contributed by atoms with Crippen molar-refractivity contribution in [1.82, 2.24) is 19.8 Å². The van der Waals surface area contributed by atoms with Crippen molar-refractivity contribution in [3.05, 3.63) is 57.0 Å². The number of carbonyl (C=O) groups is 1. The van der Waals surface area contributed by atoms with Gasteiger partial charge in [0.1, 0.15) is 10.6 Å². The number of hydrogen-bond acceptors (Lipinski definition) is 6. The average Bonchev–Trinajstić information content (AvgIpc) is 3.14. The molecule has 1 amide bonds. The first kappa shape index (κ1) is 21.5. The molecule has 1 aliphatic heterocycles. The van der Waals surface area contributed by atoms with E-state index in [2.05, 4.69) is 27.3 Å². The van der Waals surface area contributed by atoms with Gasteiger partial charge >= 0.3 is 0 Å². The van der Waals surface area contributed by atoms with E-state index in [1.54, 1.807) is 14.2 Å². The Balaban J connectivity index is 1.57. The minimum Gasteiger partial charge on any atom is -0.497 e. The number of likely N-dealkylation sites (tertiary alicyclic amines) is 1. The molecule has 7 nitrogen and oxygen atoms in total. The van der Waals surface area contributed by atoms with Gasteiger partial charge in [-0.1, -0.05) is 18.6 Å². The zero-order valence-electron chi connectivity index (χ0n) is 18.2. The number of hydrogen-bond donors (Lipinski definition) is 1. The second-order valence-electron chi connectivity index (χ2n) is 7.99. The summed E-state index contributed by atoms with van der Waals surface area (Å²) >= 11 is 1.28. The fraction of sp³-hybridized carbons (Fsp3) is 0.435. The number of amides is 1. The zero-order valence-corrected chi connectivity index (χ0v) is 19.0. The normalized spacial score (nSPS) is 15.7. The van der Waals surface area contributed by atoms with Crippen molar-refractivity contribution >= 4 is 27.5 Å². The monoisotopic (exact) mass is 440 g/mol. The van der Waals surface area contributed by atoms with Gasteiger partial charge in [0.05, 0.1) is 29.7 Å². The molecule has 1 aliphatic rings. The van der Waals surface area contributed by atoms with Gasteiger partial charge in [-0.15, -0.1) is 11.3 Å². The van der Waals surface area contributed by atoms with Crippen LogP contribution in [0.15, 0.2) is 35.4 Å². The van der Waals surface area contributed by atoms with E-state index < -0.39 is 0 Å². The lowest BCUT2D eigenvalue weighted by molar-refractivity contribution is 0.0928. The summed E-state index contributed by atoms with van der Waals surface area (Å²) in [6.45, 7) is 4.37. The summed E-state index contributed by atoms with van der Waals surface area (Å²) in [6.07, 6.45) is 5.09. The molecule has 0 spiro atoms. The van der Waals surface area contributed by atoms with Crippen LogP contribution in [-0.2, 0) is 7.05 Å². The number of nitrogens with zero attached hydrogens (tertiary/aromatic N) is 3. The number of nitrogens with one attached hydrogen (secondary N) is 1. The van der Waals surface area contributed by atoms with E-state index in [4.69, 9.17) is 4.74 Å². The summed E-state index contributed by atoms with van der Waals surface area (Å²) in [5, 5.41) is 3.65. The summed E-state index contributed by atoms with van der Waals surface area (Å²) in [7, 11) is 3.33. The molecular formula is C23H28N4O3S. The second-order valence-corrected chi connectivity index (χ2v) is 8.99. The van der Waals surface area contributed by atoms with Crippen LogP contribution in [0.5, 0.6) is 5.75 Å². The zero-order chi connectivity index (χ0) is 22.0. The lowest BCUT2D eigenvalue weighted by Gasteiger charge is -2.35. The Morgan fingerprint density at radius 3 is 2.61 bits per heavy atom. The standard InChI is InChI=1S/C23H28N4O3S/c1-15-19-22(25-14-26(2)23(19)29)31-20(15)21(28)24-13-18(27-11-5-4-6-12-27)16-7-9-17(30-3)10-8-16/h7-10,14,18H,4-6,11-13H2,1-3H3,(H,24,28)/t18-/m0/s1. The number of aryl methyl sites for hydroxylation is 2. The van der Waals surface area contributed by atoms with E-state index in [1.165, 1.54) is 41.5 Å². The third-order valence-electron chi connectivity index (χ3n) is 6.00. The number of benzene rings is 1. The number of piperidine rings is 1. The molecule has 3 aromatic rings. The van der Waals surface area contributed by atoms with Crippen LogP contribution in [0.25, 0.3) is 10.2 Å². The van der Waals surface area contributed by atoms with Gasteiger partial charge in [-0.25, -0.2) is 4.98 Å². The molecular weight excluding hydrogens is 412 g/mol. The Labute approximate surface area is 185 Å². The maximum atomic E-state index is 13.1. The van der Waals surface area contributed by atoms with Gasteiger partial charge in [0.15, 0.2) is 0 Å². The predicted octanol–water partition coefficient (Wildman–Crippen LogP) is 3.27. The molecule has 1 aromatic carbocycles. The van der Waals surface area contributed by atoms with Crippen LogP contribution in [0.1, 0.15) is 46.1 Å². The Bertz CT molecular complexity index is 1130. The van der Waals surface area contributed by atoms with Gasteiger partial charge in [0.2, 0.25) is 0 Å². The van der Waals surface area contributed by atoms with E-state index in [0.29, 0.717) is 27.2 Å². The predicted molar refractivity (Wildman–Crippen MR) is 123 cm³/mol. The first-order valence-electron chi connectivity index (χ1n) is 10.6. The molecule has 1 saturated heterocycles. The maximum Gasteiger partial charge on any atom is 0.262 e. The van der Waals surface area contributed by atoms with Crippen LogP contribution < -0.4 is 15.6 Å². The van der Waals surface area contributed by atoms with E-state index in [0.717, 1.165) is 24.4 Å². The van der Waals surface area contributed by atoms with Gasteiger partial charge in [0, 0.05) is 13.6 Å². The largest absolute Gasteiger partial charge is 0.497 e. The summed E-state index contributed by atoms with van der Waals surface area (Å²) < 4.78 is 6.74. The summed E-state index contributed by atoms with van der Waals surface area (Å²) in [4.78, 5) is 33.5.